The molecule has 2 aromatic rings. The van der Waals surface area contributed by atoms with Crippen LogP contribution in [-0.2, 0) is 20.2 Å². The van der Waals surface area contributed by atoms with E-state index in [9.17, 15) is 18.0 Å². The second-order valence-corrected chi connectivity index (χ2v) is 11.2. The molecule has 2 aromatic carbocycles. The highest BCUT2D eigenvalue weighted by molar-refractivity contribution is 7.89. The van der Waals surface area contributed by atoms with Crippen LogP contribution in [0.25, 0.3) is 0 Å². The molecule has 35 heavy (non-hydrogen) atoms. The van der Waals surface area contributed by atoms with Crippen LogP contribution in [0.2, 0.25) is 0 Å². The Morgan fingerprint density at radius 2 is 1.60 bits per heavy atom. The van der Waals surface area contributed by atoms with Gasteiger partial charge in [-0.1, -0.05) is 31.0 Å². The lowest BCUT2D eigenvalue weighted by atomic mass is 9.78. The van der Waals surface area contributed by atoms with Crippen molar-refractivity contribution >= 4 is 21.8 Å². The van der Waals surface area contributed by atoms with E-state index in [0.717, 1.165) is 37.0 Å². The second kappa shape index (κ2) is 10.4. The van der Waals surface area contributed by atoms with Crippen molar-refractivity contribution in [2.45, 2.75) is 42.9 Å². The zero-order chi connectivity index (χ0) is 25.1. The first-order valence-corrected chi connectivity index (χ1v) is 13.5. The minimum absolute atomic E-state index is 0.0532. The van der Waals surface area contributed by atoms with E-state index >= 15 is 0 Å². The van der Waals surface area contributed by atoms with Gasteiger partial charge in [-0.3, -0.25) is 9.59 Å². The number of benzene rings is 2. The minimum Gasteiger partial charge on any atom is -0.496 e. The van der Waals surface area contributed by atoms with Gasteiger partial charge >= 0.3 is 0 Å². The number of nitrogens with zero attached hydrogens (tertiary/aromatic N) is 2. The highest BCUT2D eigenvalue weighted by atomic mass is 32.2. The Morgan fingerprint density at radius 1 is 0.971 bits per heavy atom. The first-order chi connectivity index (χ1) is 16.8. The van der Waals surface area contributed by atoms with Crippen LogP contribution < -0.4 is 10.1 Å². The van der Waals surface area contributed by atoms with E-state index in [1.165, 1.54) is 23.4 Å². The number of carbonyl (C=O) groups excluding carboxylic acids is 2. The Hall–Kier alpha value is -2.91. The molecule has 1 saturated heterocycles. The summed E-state index contributed by atoms with van der Waals surface area (Å²) in [6, 6.07) is 14.0. The van der Waals surface area contributed by atoms with Crippen LogP contribution in [-0.4, -0.2) is 69.3 Å². The van der Waals surface area contributed by atoms with Gasteiger partial charge in [-0.25, -0.2) is 8.42 Å². The lowest BCUT2D eigenvalue weighted by Crippen LogP contribution is -2.49. The molecule has 2 aliphatic rings. The number of piperazine rings is 1. The smallest absolute Gasteiger partial charge is 0.251 e. The number of nitrogens with one attached hydrogen (secondary N) is 1. The van der Waals surface area contributed by atoms with Gasteiger partial charge in [-0.05, 0) is 43.2 Å². The van der Waals surface area contributed by atoms with E-state index in [1.54, 1.807) is 24.1 Å². The number of para-hydroxylation sites is 1. The number of ether oxygens (including phenoxy) is 1. The number of hydrogen-bond donors (Lipinski definition) is 1. The zero-order valence-corrected chi connectivity index (χ0v) is 21.1. The summed E-state index contributed by atoms with van der Waals surface area (Å²) in [5.74, 6) is 0.551. The van der Waals surface area contributed by atoms with Gasteiger partial charge in [0.25, 0.3) is 5.91 Å². The lowest BCUT2D eigenvalue weighted by Gasteiger charge is -2.33. The number of hydrogen-bond acceptors (Lipinski definition) is 5. The third-order valence-corrected chi connectivity index (χ3v) is 9.18. The summed E-state index contributed by atoms with van der Waals surface area (Å²) in [7, 11) is -2.02. The predicted molar refractivity (Wildman–Crippen MR) is 133 cm³/mol. The second-order valence-electron chi connectivity index (χ2n) is 9.30. The summed E-state index contributed by atoms with van der Waals surface area (Å²) in [4.78, 5) is 26.2. The zero-order valence-electron chi connectivity index (χ0n) is 20.3. The predicted octanol–water partition coefficient (Wildman–Crippen LogP) is 2.79. The molecule has 1 heterocycles. The van der Waals surface area contributed by atoms with Gasteiger partial charge in [0.2, 0.25) is 15.9 Å². The highest BCUT2D eigenvalue weighted by Crippen LogP contribution is 2.44. The fourth-order valence-electron chi connectivity index (χ4n) is 5.20. The Morgan fingerprint density at radius 3 is 2.20 bits per heavy atom. The number of rotatable bonds is 7. The van der Waals surface area contributed by atoms with E-state index in [1.807, 2.05) is 18.2 Å². The van der Waals surface area contributed by atoms with Crippen molar-refractivity contribution in [3.05, 3.63) is 59.7 Å². The van der Waals surface area contributed by atoms with Crippen molar-refractivity contribution in [2.24, 2.45) is 0 Å². The van der Waals surface area contributed by atoms with Crippen molar-refractivity contribution in [1.29, 1.82) is 0 Å². The van der Waals surface area contributed by atoms with Gasteiger partial charge in [0.05, 0.1) is 12.0 Å². The summed E-state index contributed by atoms with van der Waals surface area (Å²) < 4.78 is 33.0. The molecule has 0 unspecified atom stereocenters. The van der Waals surface area contributed by atoms with Gasteiger partial charge in [0, 0.05) is 56.2 Å². The first kappa shape index (κ1) is 25.2. The Kier molecular flexibility index (Phi) is 7.47. The number of amides is 2. The van der Waals surface area contributed by atoms with Crippen molar-refractivity contribution in [3.63, 3.8) is 0 Å². The molecular weight excluding hydrogens is 466 g/mol. The lowest BCUT2D eigenvalue weighted by molar-refractivity contribution is -0.129. The molecule has 4 rings (SSSR count). The van der Waals surface area contributed by atoms with Gasteiger partial charge < -0.3 is 15.0 Å². The molecule has 0 aromatic heterocycles. The summed E-state index contributed by atoms with van der Waals surface area (Å²) in [5.41, 5.74) is 1.36. The third-order valence-electron chi connectivity index (χ3n) is 7.26. The molecule has 1 aliphatic carbocycles. The van der Waals surface area contributed by atoms with E-state index in [0.29, 0.717) is 25.2 Å². The van der Waals surface area contributed by atoms with Crippen molar-refractivity contribution in [1.82, 2.24) is 14.5 Å². The molecule has 2 amide bonds. The molecule has 0 radical (unpaired) electrons. The first-order valence-electron chi connectivity index (χ1n) is 12.0. The number of carbonyl (C=O) groups is 2. The van der Waals surface area contributed by atoms with Crippen molar-refractivity contribution in [3.8, 4) is 5.75 Å². The van der Waals surface area contributed by atoms with Crippen LogP contribution in [0.5, 0.6) is 5.75 Å². The summed E-state index contributed by atoms with van der Waals surface area (Å²) in [6.07, 6.45) is 4.14. The van der Waals surface area contributed by atoms with Crippen LogP contribution in [0.3, 0.4) is 0 Å². The molecule has 9 heteroatoms. The molecule has 8 nitrogen and oxygen atoms in total. The van der Waals surface area contributed by atoms with Crippen molar-refractivity contribution in [2.75, 3.05) is 39.8 Å². The summed E-state index contributed by atoms with van der Waals surface area (Å²) in [5, 5.41) is 3.08. The van der Waals surface area contributed by atoms with Gasteiger partial charge in [-0.2, -0.15) is 4.31 Å². The van der Waals surface area contributed by atoms with Gasteiger partial charge in [0.15, 0.2) is 0 Å². The fourth-order valence-corrected chi connectivity index (χ4v) is 6.62. The van der Waals surface area contributed by atoms with Crippen LogP contribution in [0, 0.1) is 0 Å². The van der Waals surface area contributed by atoms with Crippen LogP contribution in [0.15, 0.2) is 53.4 Å². The quantitative estimate of drug-likeness (QED) is 0.632. The monoisotopic (exact) mass is 499 g/mol. The molecular formula is C26H33N3O5S. The van der Waals surface area contributed by atoms with Crippen molar-refractivity contribution < 1.29 is 22.7 Å². The Bertz CT molecular complexity index is 1170. The molecule has 0 bridgehead atoms. The van der Waals surface area contributed by atoms with E-state index in [-0.39, 0.29) is 35.2 Å². The highest BCUT2D eigenvalue weighted by Gasteiger charge is 2.38. The average molecular weight is 500 g/mol. The third kappa shape index (κ3) is 5.21. The minimum atomic E-state index is -3.68. The SMILES string of the molecule is COc1ccccc1C1(CNC(=O)c2ccc(S(=O)(=O)N3CCN(C(C)=O)CC3)cc2)CCCC1. The largest absolute Gasteiger partial charge is 0.496 e. The molecule has 1 aliphatic heterocycles. The molecule has 1 N–H and O–H groups in total. The molecule has 188 valence electrons. The topological polar surface area (TPSA) is 96.0 Å². The van der Waals surface area contributed by atoms with Gasteiger partial charge in [-0.15, -0.1) is 0 Å². The summed E-state index contributed by atoms with van der Waals surface area (Å²) >= 11 is 0. The Labute approximate surface area is 207 Å². The molecule has 0 spiro atoms. The maximum atomic E-state index is 13.0. The fraction of sp³-hybridized carbons (Fsp3) is 0.462. The van der Waals surface area contributed by atoms with E-state index in [2.05, 4.69) is 11.4 Å². The summed E-state index contributed by atoms with van der Waals surface area (Å²) in [6.45, 7) is 3.25. The van der Waals surface area contributed by atoms with Gasteiger partial charge in [0.1, 0.15) is 5.75 Å². The average Bonchev–Trinajstić information content (AvgIpc) is 3.37. The van der Waals surface area contributed by atoms with Crippen LogP contribution in [0.1, 0.15) is 48.5 Å². The maximum Gasteiger partial charge on any atom is 0.251 e. The number of sulfonamides is 1. The number of methoxy groups -OCH3 is 1. The normalized spacial score (nSPS) is 18.3. The molecule has 1 saturated carbocycles. The molecule has 0 atom stereocenters. The van der Waals surface area contributed by atoms with Crippen LogP contribution >= 0.6 is 0 Å². The van der Waals surface area contributed by atoms with Crippen LogP contribution in [0.4, 0.5) is 0 Å². The Balaban J connectivity index is 1.43. The van der Waals surface area contributed by atoms with E-state index < -0.39 is 10.0 Å². The van der Waals surface area contributed by atoms with E-state index in [4.69, 9.17) is 4.74 Å². The standard InChI is InChI=1S/C26H33N3O5S/c1-20(30)28-15-17-29(18-16-28)35(32,33)22-11-9-21(10-12-22)25(31)27-19-26(13-5-6-14-26)23-7-3-4-8-24(23)34-2/h3-4,7-12H,5-6,13-19H2,1-2H3,(H,27,31). The maximum absolute atomic E-state index is 13.0. The molecule has 2 fully saturated rings.